The van der Waals surface area contributed by atoms with Crippen molar-refractivity contribution in [1.29, 1.82) is 0 Å². The lowest BCUT2D eigenvalue weighted by atomic mass is 10.1. The van der Waals surface area contributed by atoms with E-state index in [2.05, 4.69) is 0 Å². The third-order valence-corrected chi connectivity index (χ3v) is 8.26. The van der Waals surface area contributed by atoms with Gasteiger partial charge in [0.25, 0.3) is 5.91 Å². The van der Waals surface area contributed by atoms with Crippen LogP contribution in [-0.2, 0) is 6.54 Å². The van der Waals surface area contributed by atoms with Crippen molar-refractivity contribution in [2.24, 2.45) is 0 Å². The third-order valence-electron chi connectivity index (χ3n) is 6.28. The summed E-state index contributed by atoms with van der Waals surface area (Å²) in [5.41, 5.74) is 3.78. The Kier molecular flexibility index (Phi) is 6.49. The van der Waals surface area contributed by atoms with Gasteiger partial charge in [-0.15, -0.1) is 11.3 Å². The van der Waals surface area contributed by atoms with E-state index in [0.29, 0.717) is 34.3 Å². The fraction of sp³-hybridized carbons (Fsp3) is 0.100. The van der Waals surface area contributed by atoms with Crippen molar-refractivity contribution in [3.8, 4) is 22.1 Å². The first kappa shape index (κ1) is 24.1. The van der Waals surface area contributed by atoms with Crippen LogP contribution in [0.2, 0.25) is 0 Å². The standard InChI is InChI=1S/C30H23N3O3S2/c1-35-24-14-15-25(36-2)28-27(24)32-30(38-28)33(18-19-9-4-3-5-10-19)29(34)21-17-23(26-13-8-16-37-26)31-22-12-7-6-11-20(21)22/h3-17H,18H2,1-2H3. The van der Waals surface area contributed by atoms with Gasteiger partial charge in [-0.1, -0.05) is 65.9 Å². The summed E-state index contributed by atoms with van der Waals surface area (Å²) in [4.78, 5) is 27.0. The van der Waals surface area contributed by atoms with Gasteiger partial charge in [-0.05, 0) is 41.3 Å². The van der Waals surface area contributed by atoms with Crippen molar-refractivity contribution < 1.29 is 14.3 Å². The highest BCUT2D eigenvalue weighted by molar-refractivity contribution is 7.22. The smallest absolute Gasteiger partial charge is 0.261 e. The molecule has 38 heavy (non-hydrogen) atoms. The minimum Gasteiger partial charge on any atom is -0.495 e. The van der Waals surface area contributed by atoms with Crippen molar-refractivity contribution in [2.75, 3.05) is 19.1 Å². The second-order valence-corrected chi connectivity index (χ2v) is 10.5. The van der Waals surface area contributed by atoms with E-state index in [4.69, 9.17) is 19.4 Å². The van der Waals surface area contributed by atoms with Crippen molar-refractivity contribution in [3.63, 3.8) is 0 Å². The summed E-state index contributed by atoms with van der Waals surface area (Å²) in [5, 5.41) is 3.37. The quantitative estimate of drug-likeness (QED) is 0.212. The van der Waals surface area contributed by atoms with Crippen LogP contribution in [0.15, 0.2) is 90.3 Å². The van der Waals surface area contributed by atoms with Gasteiger partial charge < -0.3 is 9.47 Å². The number of hydrogen-bond donors (Lipinski definition) is 0. The maximum absolute atomic E-state index is 14.5. The normalized spacial score (nSPS) is 11.1. The Morgan fingerprint density at radius 1 is 0.868 bits per heavy atom. The van der Waals surface area contributed by atoms with Crippen LogP contribution in [0, 0.1) is 0 Å². The molecule has 3 aromatic carbocycles. The first-order valence-electron chi connectivity index (χ1n) is 12.0. The Balaban J connectivity index is 1.54. The fourth-order valence-electron chi connectivity index (χ4n) is 4.43. The summed E-state index contributed by atoms with van der Waals surface area (Å²) >= 11 is 3.01. The molecule has 0 saturated heterocycles. The van der Waals surface area contributed by atoms with Gasteiger partial charge in [0.05, 0.1) is 42.4 Å². The molecule has 6 rings (SSSR count). The average molecular weight is 538 g/mol. The maximum atomic E-state index is 14.5. The van der Waals surface area contributed by atoms with Crippen molar-refractivity contribution in [3.05, 3.63) is 101 Å². The molecular weight excluding hydrogens is 514 g/mol. The number of nitrogens with zero attached hydrogens (tertiary/aromatic N) is 3. The number of ether oxygens (including phenoxy) is 2. The van der Waals surface area contributed by atoms with Gasteiger partial charge in [-0.2, -0.15) is 0 Å². The first-order chi connectivity index (χ1) is 18.7. The number of benzene rings is 3. The summed E-state index contributed by atoms with van der Waals surface area (Å²) in [7, 11) is 3.24. The van der Waals surface area contributed by atoms with Crippen molar-refractivity contribution in [2.45, 2.75) is 6.54 Å². The zero-order valence-corrected chi connectivity index (χ0v) is 22.4. The van der Waals surface area contributed by atoms with Crippen LogP contribution in [0.3, 0.4) is 0 Å². The lowest BCUT2D eigenvalue weighted by molar-refractivity contribution is 0.0986. The van der Waals surface area contributed by atoms with Gasteiger partial charge in [0, 0.05) is 5.39 Å². The van der Waals surface area contributed by atoms with E-state index >= 15 is 0 Å². The lowest BCUT2D eigenvalue weighted by Gasteiger charge is -2.21. The number of carbonyl (C=O) groups is 1. The van der Waals surface area contributed by atoms with Gasteiger partial charge >= 0.3 is 0 Å². The number of thiophene rings is 1. The molecule has 0 aliphatic heterocycles. The number of para-hydroxylation sites is 1. The van der Waals surface area contributed by atoms with Crippen LogP contribution < -0.4 is 14.4 Å². The molecule has 0 atom stereocenters. The number of amides is 1. The summed E-state index contributed by atoms with van der Waals surface area (Å²) in [6, 6.07) is 27.3. The third kappa shape index (κ3) is 4.38. The molecule has 0 N–H and O–H groups in total. The monoisotopic (exact) mass is 537 g/mol. The van der Waals surface area contributed by atoms with Crippen LogP contribution in [0.4, 0.5) is 5.13 Å². The van der Waals surface area contributed by atoms with E-state index in [1.54, 1.807) is 30.5 Å². The van der Waals surface area contributed by atoms with E-state index in [9.17, 15) is 4.79 Å². The number of carbonyl (C=O) groups excluding carboxylic acids is 1. The molecule has 0 saturated carbocycles. The van der Waals surface area contributed by atoms with Crippen LogP contribution in [-0.4, -0.2) is 30.1 Å². The molecule has 0 aliphatic rings. The summed E-state index contributed by atoms with van der Waals surface area (Å²) in [6.07, 6.45) is 0. The summed E-state index contributed by atoms with van der Waals surface area (Å²) < 4.78 is 12.0. The van der Waals surface area contributed by atoms with Crippen LogP contribution in [0.1, 0.15) is 15.9 Å². The number of aromatic nitrogens is 2. The number of anilines is 1. The Hall–Kier alpha value is -4.27. The van der Waals surface area contributed by atoms with Gasteiger partial charge in [-0.25, -0.2) is 9.97 Å². The molecule has 0 radical (unpaired) electrons. The predicted octanol–water partition coefficient (Wildman–Crippen LogP) is 7.44. The highest BCUT2D eigenvalue weighted by atomic mass is 32.1. The largest absolute Gasteiger partial charge is 0.495 e. The number of hydrogen-bond acceptors (Lipinski definition) is 7. The second-order valence-electron chi connectivity index (χ2n) is 8.57. The maximum Gasteiger partial charge on any atom is 0.261 e. The van der Waals surface area contributed by atoms with E-state index in [1.165, 1.54) is 11.3 Å². The van der Waals surface area contributed by atoms with Crippen molar-refractivity contribution in [1.82, 2.24) is 9.97 Å². The predicted molar refractivity (Wildman–Crippen MR) is 155 cm³/mol. The summed E-state index contributed by atoms with van der Waals surface area (Å²) in [5.74, 6) is 1.16. The van der Waals surface area contributed by atoms with E-state index < -0.39 is 0 Å². The molecule has 1 amide bonds. The second kappa shape index (κ2) is 10.2. The lowest BCUT2D eigenvalue weighted by Crippen LogP contribution is -2.30. The molecule has 0 aliphatic carbocycles. The minimum absolute atomic E-state index is 0.151. The Labute approximate surface area is 227 Å². The SMILES string of the molecule is COc1ccc(OC)c2sc(N(Cc3ccccc3)C(=O)c3cc(-c4cccs4)nc4ccccc34)nc12. The molecule has 3 aromatic heterocycles. The highest BCUT2D eigenvalue weighted by Gasteiger charge is 2.26. The number of pyridine rings is 1. The Morgan fingerprint density at radius 2 is 1.63 bits per heavy atom. The first-order valence-corrected chi connectivity index (χ1v) is 13.7. The number of thiazole rings is 1. The van der Waals surface area contributed by atoms with Crippen molar-refractivity contribution >= 4 is 54.8 Å². The molecule has 0 unspecified atom stereocenters. The van der Waals surface area contributed by atoms with Crippen LogP contribution in [0.25, 0.3) is 31.7 Å². The van der Waals surface area contributed by atoms with E-state index in [1.807, 2.05) is 90.3 Å². The Morgan fingerprint density at radius 3 is 2.39 bits per heavy atom. The minimum atomic E-state index is -0.151. The number of fused-ring (bicyclic) bond motifs is 2. The zero-order chi connectivity index (χ0) is 26.1. The molecule has 0 spiro atoms. The number of rotatable bonds is 7. The molecule has 8 heteroatoms. The zero-order valence-electron chi connectivity index (χ0n) is 20.8. The van der Waals surface area contributed by atoms with Gasteiger partial charge in [0.1, 0.15) is 21.7 Å². The molecule has 6 nitrogen and oxygen atoms in total. The number of methoxy groups -OCH3 is 2. The van der Waals surface area contributed by atoms with Crippen LogP contribution in [0.5, 0.6) is 11.5 Å². The average Bonchev–Trinajstić information content (AvgIpc) is 3.66. The van der Waals surface area contributed by atoms with Gasteiger partial charge in [0.15, 0.2) is 5.13 Å². The van der Waals surface area contributed by atoms with Gasteiger partial charge in [-0.3, -0.25) is 9.69 Å². The Bertz CT molecular complexity index is 1710. The fourth-order valence-corrected chi connectivity index (χ4v) is 6.19. The van der Waals surface area contributed by atoms with Crippen LogP contribution >= 0.6 is 22.7 Å². The topological polar surface area (TPSA) is 64.6 Å². The summed E-state index contributed by atoms with van der Waals surface area (Å²) in [6.45, 7) is 0.356. The van der Waals surface area contributed by atoms with E-state index in [-0.39, 0.29) is 5.91 Å². The molecule has 0 bridgehead atoms. The molecule has 3 heterocycles. The van der Waals surface area contributed by atoms with E-state index in [0.717, 1.165) is 31.7 Å². The molecule has 0 fully saturated rings. The highest BCUT2D eigenvalue weighted by Crippen LogP contribution is 2.41. The molecule has 188 valence electrons. The van der Waals surface area contributed by atoms with Gasteiger partial charge in [0.2, 0.25) is 0 Å². The molecular formula is C30H23N3O3S2. The molecule has 6 aromatic rings.